The second-order valence-electron chi connectivity index (χ2n) is 6.85. The van der Waals surface area contributed by atoms with Gasteiger partial charge in [-0.25, -0.2) is 4.79 Å². The highest BCUT2D eigenvalue weighted by molar-refractivity contribution is 6.48. The molecule has 7 heteroatoms. The van der Waals surface area contributed by atoms with E-state index in [4.69, 9.17) is 44.3 Å². The molecule has 4 nitrogen and oxygen atoms in total. The maximum Gasteiger partial charge on any atom is 0.410 e. The van der Waals surface area contributed by atoms with E-state index in [2.05, 4.69) is 0 Å². The summed E-state index contributed by atoms with van der Waals surface area (Å²) in [5, 5.41) is 1.04. The fourth-order valence-corrected chi connectivity index (χ4v) is 3.50. The maximum absolute atomic E-state index is 12.2. The fraction of sp³-hybridized carbons (Fsp3) is 0.632. The first-order valence-corrected chi connectivity index (χ1v) is 9.96. The van der Waals surface area contributed by atoms with Gasteiger partial charge in [0.2, 0.25) is 0 Å². The van der Waals surface area contributed by atoms with Gasteiger partial charge in [-0.15, -0.1) is 0 Å². The first-order chi connectivity index (χ1) is 12.1. The molecule has 1 aliphatic rings. The Morgan fingerprint density at radius 1 is 1.12 bits per heavy atom. The molecule has 0 atom stereocenters. The van der Waals surface area contributed by atoms with Crippen molar-refractivity contribution in [1.82, 2.24) is 4.90 Å². The van der Waals surface area contributed by atoms with Crippen molar-refractivity contribution in [3.8, 4) is 5.75 Å². The lowest BCUT2D eigenvalue weighted by Gasteiger charge is -2.34. The number of rotatable bonds is 2. The van der Waals surface area contributed by atoms with Crippen molar-refractivity contribution < 1.29 is 14.3 Å². The van der Waals surface area contributed by atoms with Crippen LogP contribution in [0.4, 0.5) is 4.79 Å². The van der Waals surface area contributed by atoms with Crippen molar-refractivity contribution in [3.63, 3.8) is 0 Å². The average Bonchev–Trinajstić information content (AvgIpc) is 2.60. The third-order valence-corrected chi connectivity index (χ3v) is 5.18. The highest BCUT2D eigenvalue weighted by Gasteiger charge is 2.30. The smallest absolute Gasteiger partial charge is 0.410 e. The van der Waals surface area contributed by atoms with Gasteiger partial charge in [0.15, 0.2) is 0 Å². The van der Waals surface area contributed by atoms with Crippen molar-refractivity contribution in [2.45, 2.75) is 59.0 Å². The number of benzene rings is 1. The van der Waals surface area contributed by atoms with Crippen molar-refractivity contribution in [2.75, 3.05) is 20.2 Å². The fourth-order valence-electron chi connectivity index (χ4n) is 2.81. The van der Waals surface area contributed by atoms with E-state index in [0.717, 1.165) is 18.4 Å². The number of hydrogen-bond donors (Lipinski definition) is 0. The molecule has 0 saturated carbocycles. The Kier molecular flexibility index (Phi) is 8.84. The zero-order chi connectivity index (χ0) is 20.1. The van der Waals surface area contributed by atoms with Crippen LogP contribution in [0.5, 0.6) is 5.75 Å². The van der Waals surface area contributed by atoms with Crippen LogP contribution in [0.2, 0.25) is 15.1 Å². The summed E-state index contributed by atoms with van der Waals surface area (Å²) in [6.45, 7) is 10.8. The molecule has 0 aliphatic carbocycles. The topological polar surface area (TPSA) is 38.8 Å². The molecule has 0 unspecified atom stereocenters. The molecule has 0 aromatic heterocycles. The highest BCUT2D eigenvalue weighted by Crippen LogP contribution is 2.45. The normalized spacial score (nSPS) is 15.2. The molecule has 1 fully saturated rings. The Hall–Kier alpha value is -0.840. The van der Waals surface area contributed by atoms with E-state index >= 15 is 0 Å². The van der Waals surface area contributed by atoms with Crippen molar-refractivity contribution >= 4 is 40.9 Å². The van der Waals surface area contributed by atoms with Gasteiger partial charge in [0, 0.05) is 18.7 Å². The Labute approximate surface area is 171 Å². The van der Waals surface area contributed by atoms with Gasteiger partial charge in [0.25, 0.3) is 0 Å². The first kappa shape index (κ1) is 23.2. The number of piperidine rings is 1. The Morgan fingerprint density at radius 3 is 2.12 bits per heavy atom. The lowest BCUT2D eigenvalue weighted by Crippen LogP contribution is -2.41. The quantitative estimate of drug-likeness (QED) is 0.490. The van der Waals surface area contributed by atoms with E-state index in [-0.39, 0.29) is 12.0 Å². The second-order valence-corrected chi connectivity index (χ2v) is 8.01. The van der Waals surface area contributed by atoms with Crippen LogP contribution < -0.4 is 4.74 Å². The summed E-state index contributed by atoms with van der Waals surface area (Å²) in [7, 11) is 1.56. The number of hydrogen-bond acceptors (Lipinski definition) is 3. The molecule has 1 amide bonds. The van der Waals surface area contributed by atoms with Crippen molar-refractivity contribution in [3.05, 3.63) is 26.7 Å². The molecule has 1 aliphatic heterocycles. The van der Waals surface area contributed by atoms with E-state index < -0.39 is 5.60 Å². The number of amides is 1. The van der Waals surface area contributed by atoms with Crippen LogP contribution in [-0.4, -0.2) is 36.8 Å². The molecule has 1 saturated heterocycles. The molecule has 26 heavy (non-hydrogen) atoms. The minimum absolute atomic E-state index is 0.200. The maximum atomic E-state index is 12.2. The van der Waals surface area contributed by atoms with Crippen LogP contribution in [0.1, 0.15) is 58.9 Å². The van der Waals surface area contributed by atoms with Gasteiger partial charge in [-0.2, -0.15) is 0 Å². The summed E-state index contributed by atoms with van der Waals surface area (Å²) in [6, 6.07) is 1.81. The summed E-state index contributed by atoms with van der Waals surface area (Å²) >= 11 is 18.5. The standard InChI is InChI=1S/C17H22Cl3NO3.C2H6/c1-17(2,3)24-16(22)21-7-5-10(6-8-21)11-9-12(18)13(19)14(20)15(11)23-4;1-2/h9-10H,5-8H2,1-4H3;1-2H3. The predicted molar refractivity (Wildman–Crippen MR) is 109 cm³/mol. The zero-order valence-corrected chi connectivity index (χ0v) is 18.6. The van der Waals surface area contributed by atoms with Crippen LogP contribution in [-0.2, 0) is 4.74 Å². The molecule has 0 spiro atoms. The number of halogens is 3. The molecule has 1 aromatic carbocycles. The Balaban J connectivity index is 0.00000163. The summed E-state index contributed by atoms with van der Waals surface area (Å²) in [6.07, 6.45) is 1.29. The monoisotopic (exact) mass is 423 g/mol. The van der Waals surface area contributed by atoms with E-state index in [1.807, 2.05) is 40.7 Å². The first-order valence-electron chi connectivity index (χ1n) is 8.83. The zero-order valence-electron chi connectivity index (χ0n) is 16.3. The van der Waals surface area contributed by atoms with Crippen LogP contribution >= 0.6 is 34.8 Å². The molecule has 0 bridgehead atoms. The number of ether oxygens (including phenoxy) is 2. The number of methoxy groups -OCH3 is 1. The van der Waals surface area contributed by atoms with Crippen LogP contribution in [0.3, 0.4) is 0 Å². The molecule has 1 aromatic rings. The summed E-state index contributed by atoms with van der Waals surface area (Å²) in [5.41, 5.74) is 0.440. The number of nitrogens with zero attached hydrogens (tertiary/aromatic N) is 1. The lowest BCUT2D eigenvalue weighted by molar-refractivity contribution is 0.0204. The minimum atomic E-state index is -0.492. The van der Waals surface area contributed by atoms with Gasteiger partial charge in [0.05, 0.1) is 17.2 Å². The Morgan fingerprint density at radius 2 is 1.65 bits per heavy atom. The number of carbonyl (C=O) groups excluding carboxylic acids is 1. The van der Waals surface area contributed by atoms with E-state index in [1.165, 1.54) is 0 Å². The van der Waals surface area contributed by atoms with Crippen LogP contribution in [0.15, 0.2) is 6.07 Å². The lowest BCUT2D eigenvalue weighted by atomic mass is 9.89. The van der Waals surface area contributed by atoms with Crippen molar-refractivity contribution in [2.24, 2.45) is 0 Å². The van der Waals surface area contributed by atoms with Gasteiger partial charge in [-0.1, -0.05) is 48.7 Å². The largest absolute Gasteiger partial charge is 0.495 e. The van der Waals surface area contributed by atoms with Gasteiger partial charge >= 0.3 is 6.09 Å². The van der Waals surface area contributed by atoms with Crippen molar-refractivity contribution in [1.29, 1.82) is 0 Å². The minimum Gasteiger partial charge on any atom is -0.495 e. The second kappa shape index (κ2) is 9.91. The predicted octanol–water partition coefficient (Wildman–Crippen LogP) is 6.80. The molecule has 0 radical (unpaired) electrons. The SMILES string of the molecule is CC.COc1c(C2CCN(C(=O)OC(C)(C)C)CC2)cc(Cl)c(Cl)c1Cl. The van der Waals surface area contributed by atoms with Gasteiger partial charge in [-0.05, 0) is 45.6 Å². The van der Waals surface area contributed by atoms with E-state index in [1.54, 1.807) is 12.0 Å². The average molecular weight is 425 g/mol. The highest BCUT2D eigenvalue weighted by atomic mass is 35.5. The summed E-state index contributed by atoms with van der Waals surface area (Å²) in [5.74, 6) is 0.757. The van der Waals surface area contributed by atoms with Crippen LogP contribution in [0.25, 0.3) is 0 Å². The molecule has 2 rings (SSSR count). The summed E-state index contributed by atoms with van der Waals surface area (Å²) < 4.78 is 10.8. The molecule has 0 N–H and O–H groups in total. The summed E-state index contributed by atoms with van der Waals surface area (Å²) in [4.78, 5) is 13.9. The van der Waals surface area contributed by atoms with E-state index in [9.17, 15) is 4.79 Å². The molecule has 1 heterocycles. The van der Waals surface area contributed by atoms with Gasteiger partial charge in [0.1, 0.15) is 16.4 Å². The van der Waals surface area contributed by atoms with Gasteiger partial charge < -0.3 is 14.4 Å². The third-order valence-electron chi connectivity index (χ3n) is 3.94. The molecular weight excluding hydrogens is 397 g/mol. The third kappa shape index (κ3) is 5.83. The van der Waals surface area contributed by atoms with Gasteiger partial charge in [-0.3, -0.25) is 0 Å². The van der Waals surface area contributed by atoms with Crippen LogP contribution in [0, 0.1) is 0 Å². The van der Waals surface area contributed by atoms with E-state index in [0.29, 0.717) is 33.9 Å². The Bertz CT molecular complexity index is 621. The molecule has 148 valence electrons. The number of carbonyl (C=O) groups is 1. The molecular formula is C19H28Cl3NO3. The number of likely N-dealkylation sites (tertiary alicyclic amines) is 1.